The van der Waals surface area contributed by atoms with Crippen LogP contribution in [0.2, 0.25) is 0 Å². The quantitative estimate of drug-likeness (QED) is 0.0350. The van der Waals surface area contributed by atoms with Gasteiger partial charge in [0.15, 0.2) is 6.10 Å². The van der Waals surface area contributed by atoms with Gasteiger partial charge in [0.05, 0.1) is 0 Å². The van der Waals surface area contributed by atoms with Gasteiger partial charge in [-0.05, 0) is 37.0 Å². The van der Waals surface area contributed by atoms with Crippen LogP contribution in [-0.4, -0.2) is 37.2 Å². The molecular weight excluding hydrogens is 673 g/mol. The molecular formula is C48H92O6. The monoisotopic (exact) mass is 765 g/mol. The molecule has 0 saturated heterocycles. The Hall–Kier alpha value is -1.59. The third-order valence-corrected chi connectivity index (χ3v) is 10.6. The number of hydrogen-bond acceptors (Lipinski definition) is 6. The summed E-state index contributed by atoms with van der Waals surface area (Å²) in [5.41, 5.74) is 0. The maximum atomic E-state index is 12.7. The van der Waals surface area contributed by atoms with Crippen molar-refractivity contribution in [3.63, 3.8) is 0 Å². The summed E-state index contributed by atoms with van der Waals surface area (Å²) in [5.74, 6) is 1.55. The van der Waals surface area contributed by atoms with Crippen LogP contribution >= 0.6 is 0 Å². The summed E-state index contributed by atoms with van der Waals surface area (Å²) >= 11 is 0. The highest BCUT2D eigenvalue weighted by molar-refractivity contribution is 5.71. The van der Waals surface area contributed by atoms with E-state index in [1.54, 1.807) is 0 Å². The smallest absolute Gasteiger partial charge is 0.306 e. The summed E-state index contributed by atoms with van der Waals surface area (Å²) < 4.78 is 16.7. The zero-order valence-electron chi connectivity index (χ0n) is 37.0. The molecule has 0 aliphatic heterocycles. The van der Waals surface area contributed by atoms with Crippen LogP contribution < -0.4 is 0 Å². The number of carbonyl (C=O) groups excluding carboxylic acids is 3. The summed E-state index contributed by atoms with van der Waals surface area (Å²) in [5, 5.41) is 0. The molecule has 0 N–H and O–H groups in total. The molecule has 0 unspecified atom stereocenters. The first kappa shape index (κ1) is 52.4. The molecule has 6 nitrogen and oxygen atoms in total. The molecule has 1 atom stereocenters. The first-order valence-electron chi connectivity index (χ1n) is 23.6. The normalized spacial score (nSPS) is 12.2. The first-order valence-corrected chi connectivity index (χ1v) is 23.6. The highest BCUT2D eigenvalue weighted by Gasteiger charge is 2.19. The SMILES string of the molecule is CC(C)CCCCCCCCCCCCCC(=O)OC[C@H](COC(=O)CCCCCCCCCCC(C)C)OC(=O)CCCCCCCCCCC(C)C. The van der Waals surface area contributed by atoms with Crippen LogP contribution in [0.5, 0.6) is 0 Å². The molecule has 320 valence electrons. The second kappa shape index (κ2) is 39.6. The predicted octanol–water partition coefficient (Wildman–Crippen LogP) is 14.8. The number of rotatable bonds is 41. The fourth-order valence-corrected chi connectivity index (χ4v) is 7.06. The molecule has 0 heterocycles. The van der Waals surface area contributed by atoms with Gasteiger partial charge in [-0.1, -0.05) is 215 Å². The third-order valence-electron chi connectivity index (χ3n) is 10.6. The Labute approximate surface area is 336 Å². The predicted molar refractivity (Wildman–Crippen MR) is 229 cm³/mol. The number of hydrogen-bond donors (Lipinski definition) is 0. The average Bonchev–Trinajstić information content (AvgIpc) is 3.12. The van der Waals surface area contributed by atoms with Gasteiger partial charge in [-0.15, -0.1) is 0 Å². The minimum Gasteiger partial charge on any atom is -0.462 e. The minimum absolute atomic E-state index is 0.0662. The highest BCUT2D eigenvalue weighted by atomic mass is 16.6. The van der Waals surface area contributed by atoms with Crippen LogP contribution in [0.15, 0.2) is 0 Å². The van der Waals surface area contributed by atoms with Crippen molar-refractivity contribution in [3.05, 3.63) is 0 Å². The fourth-order valence-electron chi connectivity index (χ4n) is 7.06. The summed E-state index contributed by atoms with van der Waals surface area (Å²) in [4.78, 5) is 37.7. The van der Waals surface area contributed by atoms with Gasteiger partial charge in [0.1, 0.15) is 13.2 Å². The van der Waals surface area contributed by atoms with E-state index in [1.807, 2.05) is 0 Å². The lowest BCUT2D eigenvalue weighted by Gasteiger charge is -2.18. The maximum Gasteiger partial charge on any atom is 0.306 e. The maximum absolute atomic E-state index is 12.7. The van der Waals surface area contributed by atoms with E-state index in [0.717, 1.165) is 75.5 Å². The van der Waals surface area contributed by atoms with Gasteiger partial charge in [-0.2, -0.15) is 0 Å². The van der Waals surface area contributed by atoms with Gasteiger partial charge >= 0.3 is 17.9 Å². The molecule has 6 heteroatoms. The number of esters is 3. The van der Waals surface area contributed by atoms with E-state index in [0.29, 0.717) is 19.3 Å². The van der Waals surface area contributed by atoms with Crippen LogP contribution in [0.4, 0.5) is 0 Å². The molecule has 0 aromatic rings. The molecule has 0 rings (SSSR count). The van der Waals surface area contributed by atoms with E-state index in [9.17, 15) is 14.4 Å². The molecule has 0 aliphatic rings. The lowest BCUT2D eigenvalue weighted by molar-refractivity contribution is -0.167. The van der Waals surface area contributed by atoms with Gasteiger partial charge in [-0.3, -0.25) is 14.4 Å². The van der Waals surface area contributed by atoms with E-state index in [1.165, 1.54) is 135 Å². The zero-order chi connectivity index (χ0) is 39.9. The lowest BCUT2D eigenvalue weighted by Crippen LogP contribution is -2.30. The summed E-state index contributed by atoms with van der Waals surface area (Å²) in [6, 6.07) is 0. The second-order valence-corrected chi connectivity index (χ2v) is 17.8. The van der Waals surface area contributed by atoms with Crippen molar-refractivity contribution in [1.29, 1.82) is 0 Å². The Bertz CT molecular complexity index is 837. The van der Waals surface area contributed by atoms with Gasteiger partial charge in [0.2, 0.25) is 0 Å². The number of unbranched alkanes of at least 4 members (excludes halogenated alkanes) is 24. The third kappa shape index (κ3) is 41.6. The van der Waals surface area contributed by atoms with Crippen molar-refractivity contribution >= 4 is 17.9 Å². The summed E-state index contributed by atoms with van der Waals surface area (Å²) in [7, 11) is 0. The Kier molecular flexibility index (Phi) is 38.5. The van der Waals surface area contributed by atoms with E-state index < -0.39 is 6.10 Å². The molecule has 0 aromatic carbocycles. The molecule has 0 amide bonds. The van der Waals surface area contributed by atoms with Gasteiger partial charge in [-0.25, -0.2) is 0 Å². The fraction of sp³-hybridized carbons (Fsp3) is 0.938. The summed E-state index contributed by atoms with van der Waals surface area (Å²) in [6.45, 7) is 13.6. The van der Waals surface area contributed by atoms with Crippen molar-refractivity contribution in [2.24, 2.45) is 17.8 Å². The molecule has 0 aliphatic carbocycles. The molecule has 0 bridgehead atoms. The van der Waals surface area contributed by atoms with Crippen LogP contribution in [0.25, 0.3) is 0 Å². The van der Waals surface area contributed by atoms with E-state index in [4.69, 9.17) is 14.2 Å². The van der Waals surface area contributed by atoms with Crippen LogP contribution in [0.1, 0.15) is 253 Å². The average molecular weight is 765 g/mol. The Morgan fingerprint density at radius 2 is 0.537 bits per heavy atom. The lowest BCUT2D eigenvalue weighted by atomic mass is 10.0. The van der Waals surface area contributed by atoms with Gasteiger partial charge in [0.25, 0.3) is 0 Å². The van der Waals surface area contributed by atoms with Crippen LogP contribution in [-0.2, 0) is 28.6 Å². The zero-order valence-corrected chi connectivity index (χ0v) is 37.0. The van der Waals surface area contributed by atoms with Crippen molar-refractivity contribution < 1.29 is 28.6 Å². The van der Waals surface area contributed by atoms with E-state index >= 15 is 0 Å². The van der Waals surface area contributed by atoms with Crippen molar-refractivity contribution in [2.75, 3.05) is 13.2 Å². The summed E-state index contributed by atoms with van der Waals surface area (Å²) in [6.07, 6.45) is 36.7. The molecule has 0 radical (unpaired) electrons. The van der Waals surface area contributed by atoms with Crippen molar-refractivity contribution in [3.8, 4) is 0 Å². The second-order valence-electron chi connectivity index (χ2n) is 17.8. The first-order chi connectivity index (χ1) is 26.1. The van der Waals surface area contributed by atoms with Gasteiger partial charge in [0, 0.05) is 19.3 Å². The number of ether oxygens (including phenoxy) is 3. The van der Waals surface area contributed by atoms with Crippen molar-refractivity contribution in [2.45, 2.75) is 260 Å². The van der Waals surface area contributed by atoms with E-state index in [2.05, 4.69) is 41.5 Å². The van der Waals surface area contributed by atoms with Crippen LogP contribution in [0, 0.1) is 17.8 Å². The molecule has 0 saturated carbocycles. The Morgan fingerprint density at radius 3 is 0.796 bits per heavy atom. The minimum atomic E-state index is -0.762. The molecule has 0 fully saturated rings. The number of carbonyl (C=O) groups is 3. The Morgan fingerprint density at radius 1 is 0.315 bits per heavy atom. The molecule has 54 heavy (non-hydrogen) atoms. The highest BCUT2D eigenvalue weighted by Crippen LogP contribution is 2.17. The molecule has 0 aromatic heterocycles. The van der Waals surface area contributed by atoms with Gasteiger partial charge < -0.3 is 14.2 Å². The Balaban J connectivity index is 4.33. The molecule has 0 spiro atoms. The van der Waals surface area contributed by atoms with Crippen molar-refractivity contribution in [1.82, 2.24) is 0 Å². The standard InChI is InChI=1S/C48H92O6/c1-42(2)34-28-22-16-10-8-7-9-11-19-25-31-37-46(49)52-40-45(54-48(51)39-33-27-21-15-13-18-24-30-36-44(5)6)41-53-47(50)38-32-26-20-14-12-17-23-29-35-43(3)4/h42-45H,7-41H2,1-6H3/t45-/m1/s1. The van der Waals surface area contributed by atoms with E-state index in [-0.39, 0.29) is 31.1 Å². The largest absolute Gasteiger partial charge is 0.462 e. The topological polar surface area (TPSA) is 78.9 Å². The van der Waals surface area contributed by atoms with Crippen LogP contribution in [0.3, 0.4) is 0 Å².